The van der Waals surface area contributed by atoms with Crippen LogP contribution >= 0.6 is 15.9 Å². The molecule has 1 aliphatic heterocycles. The number of hydrogen-bond acceptors (Lipinski definition) is 2. The first-order valence-electron chi connectivity index (χ1n) is 5.91. The molecule has 1 unspecified atom stereocenters. The van der Waals surface area contributed by atoms with Gasteiger partial charge in [0.05, 0.1) is 10.4 Å². The molecule has 0 saturated carbocycles. The summed E-state index contributed by atoms with van der Waals surface area (Å²) in [4.78, 5) is 0.376. The van der Waals surface area contributed by atoms with Crippen LogP contribution < -0.4 is 0 Å². The predicted molar refractivity (Wildman–Crippen MR) is 73.7 cm³/mol. The molecule has 5 heteroatoms. The summed E-state index contributed by atoms with van der Waals surface area (Å²) in [7, 11) is -3.35. The first-order chi connectivity index (χ1) is 8.46. The van der Waals surface area contributed by atoms with Gasteiger partial charge in [-0.25, -0.2) is 8.42 Å². The summed E-state index contributed by atoms with van der Waals surface area (Å²) < 4.78 is 27.7. The number of rotatable bonds is 2. The maximum atomic E-state index is 12.6. The third-order valence-electron chi connectivity index (χ3n) is 3.86. The highest BCUT2D eigenvalue weighted by molar-refractivity contribution is 9.10. The fourth-order valence-corrected chi connectivity index (χ4v) is 5.07. The summed E-state index contributed by atoms with van der Waals surface area (Å²) in [6.45, 7) is 2.03. The minimum absolute atomic E-state index is 0.135. The van der Waals surface area contributed by atoms with Gasteiger partial charge in [0, 0.05) is 10.5 Å². The Morgan fingerprint density at radius 3 is 2.50 bits per heavy atom. The van der Waals surface area contributed by atoms with Crippen LogP contribution in [0.2, 0.25) is 0 Å². The molecule has 1 saturated heterocycles. The van der Waals surface area contributed by atoms with Crippen molar-refractivity contribution < 1.29 is 8.42 Å². The molecule has 3 atom stereocenters. The van der Waals surface area contributed by atoms with Crippen LogP contribution in [0.5, 0.6) is 0 Å². The molecule has 1 heterocycles. The van der Waals surface area contributed by atoms with Crippen molar-refractivity contribution in [2.24, 2.45) is 0 Å². The van der Waals surface area contributed by atoms with Crippen LogP contribution in [-0.2, 0) is 10.0 Å². The monoisotopic (exact) mass is 327 g/mol. The minimum atomic E-state index is -3.35. The molecule has 1 aliphatic carbocycles. The van der Waals surface area contributed by atoms with Crippen molar-refractivity contribution in [3.05, 3.63) is 40.9 Å². The first kappa shape index (κ1) is 12.4. The molecule has 0 aromatic heterocycles. The molecular formula is C13H14BrNO2S. The highest BCUT2D eigenvalue weighted by atomic mass is 79.9. The molecule has 96 valence electrons. The van der Waals surface area contributed by atoms with Crippen molar-refractivity contribution in [2.45, 2.75) is 36.2 Å². The Morgan fingerprint density at radius 1 is 1.28 bits per heavy atom. The van der Waals surface area contributed by atoms with Gasteiger partial charge in [0.15, 0.2) is 0 Å². The Hall–Kier alpha value is -0.650. The average Bonchev–Trinajstić information content (AvgIpc) is 2.96. The molecule has 1 fully saturated rings. The van der Waals surface area contributed by atoms with E-state index >= 15 is 0 Å². The van der Waals surface area contributed by atoms with Gasteiger partial charge in [-0.1, -0.05) is 28.1 Å². The van der Waals surface area contributed by atoms with E-state index < -0.39 is 10.0 Å². The average molecular weight is 328 g/mol. The van der Waals surface area contributed by atoms with Crippen LogP contribution in [0, 0.1) is 0 Å². The largest absolute Gasteiger partial charge is 0.243 e. The fourth-order valence-electron chi connectivity index (χ4n) is 2.75. The standard InChI is InChI=1S/C13H14BrNO2S/c1-13-9-3-2-4-12(13)15(13)18(16,17)11-7-5-10(14)6-8-11/h2-3,5-8,12H,4,9H2,1H3/t12-,13+,15?/m1/s1. The van der Waals surface area contributed by atoms with Crippen molar-refractivity contribution in [1.29, 1.82) is 0 Å². The molecule has 1 aromatic carbocycles. The van der Waals surface area contributed by atoms with Crippen molar-refractivity contribution >= 4 is 26.0 Å². The van der Waals surface area contributed by atoms with Gasteiger partial charge >= 0.3 is 0 Å². The van der Waals surface area contributed by atoms with Crippen molar-refractivity contribution in [2.75, 3.05) is 0 Å². The van der Waals surface area contributed by atoms with E-state index in [-0.39, 0.29) is 11.6 Å². The minimum Gasteiger partial charge on any atom is -0.207 e. The van der Waals surface area contributed by atoms with Crippen LogP contribution in [0.1, 0.15) is 19.8 Å². The summed E-state index contributed by atoms with van der Waals surface area (Å²) in [5.74, 6) is 0. The van der Waals surface area contributed by atoms with Gasteiger partial charge < -0.3 is 0 Å². The van der Waals surface area contributed by atoms with E-state index in [1.54, 1.807) is 28.6 Å². The molecule has 0 radical (unpaired) electrons. The Kier molecular flexibility index (Phi) is 2.70. The van der Waals surface area contributed by atoms with E-state index in [0.29, 0.717) is 4.90 Å². The van der Waals surface area contributed by atoms with Gasteiger partial charge in [0.25, 0.3) is 0 Å². The third-order valence-corrected chi connectivity index (χ3v) is 6.45. The lowest BCUT2D eigenvalue weighted by atomic mass is 9.96. The summed E-state index contributed by atoms with van der Waals surface area (Å²) in [6, 6.07) is 6.97. The predicted octanol–water partition coefficient (Wildman–Crippen LogP) is 2.93. The van der Waals surface area contributed by atoms with E-state index in [1.807, 2.05) is 6.92 Å². The SMILES string of the molecule is C[C@]12CC=CC[C@H]1N2S(=O)(=O)c1ccc(Br)cc1. The van der Waals surface area contributed by atoms with E-state index in [9.17, 15) is 8.42 Å². The van der Waals surface area contributed by atoms with Crippen molar-refractivity contribution in [3.8, 4) is 0 Å². The second-order valence-corrected chi connectivity index (χ2v) is 7.77. The van der Waals surface area contributed by atoms with Gasteiger partial charge in [0.1, 0.15) is 0 Å². The maximum absolute atomic E-state index is 12.6. The number of fused-ring (bicyclic) bond motifs is 1. The van der Waals surface area contributed by atoms with E-state index in [2.05, 4.69) is 28.1 Å². The quantitative estimate of drug-likeness (QED) is 0.618. The first-order valence-corrected chi connectivity index (χ1v) is 8.15. The zero-order chi connectivity index (χ0) is 13.0. The lowest BCUT2D eigenvalue weighted by Crippen LogP contribution is -2.20. The topological polar surface area (TPSA) is 37.1 Å². The molecule has 3 nitrogen and oxygen atoms in total. The zero-order valence-corrected chi connectivity index (χ0v) is 12.4. The second kappa shape index (κ2) is 3.92. The van der Waals surface area contributed by atoms with Gasteiger partial charge in [-0.15, -0.1) is 0 Å². The van der Waals surface area contributed by atoms with E-state index in [4.69, 9.17) is 0 Å². The Balaban J connectivity index is 1.96. The molecule has 0 bridgehead atoms. The van der Waals surface area contributed by atoms with E-state index in [0.717, 1.165) is 17.3 Å². The third kappa shape index (κ3) is 1.68. The molecule has 0 amide bonds. The number of benzene rings is 1. The van der Waals surface area contributed by atoms with Gasteiger partial charge in [-0.3, -0.25) is 0 Å². The lowest BCUT2D eigenvalue weighted by Gasteiger charge is -2.11. The van der Waals surface area contributed by atoms with Gasteiger partial charge in [-0.05, 0) is 44.0 Å². The van der Waals surface area contributed by atoms with Crippen LogP contribution in [0.25, 0.3) is 0 Å². The summed E-state index contributed by atoms with van der Waals surface area (Å²) in [6.07, 6.45) is 5.79. The number of halogens is 1. The smallest absolute Gasteiger partial charge is 0.207 e. The molecule has 3 rings (SSSR count). The molecule has 2 aliphatic rings. The van der Waals surface area contributed by atoms with Gasteiger partial charge in [0.2, 0.25) is 10.0 Å². The lowest BCUT2D eigenvalue weighted by molar-refractivity contribution is 0.516. The Bertz CT molecular complexity index is 608. The van der Waals surface area contributed by atoms with Crippen molar-refractivity contribution in [3.63, 3.8) is 0 Å². The number of nitrogens with zero attached hydrogens (tertiary/aromatic N) is 1. The summed E-state index contributed by atoms with van der Waals surface area (Å²) >= 11 is 3.32. The molecule has 0 spiro atoms. The fraction of sp³-hybridized carbons (Fsp3) is 0.385. The van der Waals surface area contributed by atoms with Crippen LogP contribution in [0.15, 0.2) is 45.8 Å². The van der Waals surface area contributed by atoms with Gasteiger partial charge in [-0.2, -0.15) is 4.31 Å². The number of hydrogen-bond donors (Lipinski definition) is 0. The van der Waals surface area contributed by atoms with Crippen LogP contribution in [0.4, 0.5) is 0 Å². The summed E-state index contributed by atoms with van der Waals surface area (Å²) in [5, 5.41) is 0. The van der Waals surface area contributed by atoms with E-state index in [1.165, 1.54) is 0 Å². The van der Waals surface area contributed by atoms with Crippen LogP contribution in [0.3, 0.4) is 0 Å². The molecule has 0 N–H and O–H groups in total. The van der Waals surface area contributed by atoms with Crippen LogP contribution in [-0.4, -0.2) is 24.3 Å². The zero-order valence-electron chi connectivity index (χ0n) is 10.0. The normalized spacial score (nSPS) is 34.1. The number of sulfonamides is 1. The molecule has 1 aromatic rings. The highest BCUT2D eigenvalue weighted by Crippen LogP contribution is 2.52. The maximum Gasteiger partial charge on any atom is 0.243 e. The summed E-state index contributed by atoms with van der Waals surface area (Å²) in [5.41, 5.74) is -0.208. The molecule has 18 heavy (non-hydrogen) atoms. The molecular weight excluding hydrogens is 314 g/mol. The Morgan fingerprint density at radius 2 is 1.94 bits per heavy atom. The Labute approximate surface area is 116 Å². The highest BCUT2D eigenvalue weighted by Gasteiger charge is 2.64. The van der Waals surface area contributed by atoms with Crippen molar-refractivity contribution in [1.82, 2.24) is 4.31 Å². The second-order valence-electron chi connectivity index (χ2n) is 5.04.